The molecule has 0 unspecified atom stereocenters. The molecule has 8 heteroatoms. The maximum Gasteiger partial charge on any atom is 0.338 e. The standard InChI is InChI=1S/C24H26N4O4/c1-15-16(3-5-18-19(15)14-31-23(18)30)7-10-28-11-8-24(2,9-12-28)25-22(29)17-4-6-20-21(13-17)27-32-26-20/h3-6,13H,7-12,14H2,1-2H3,(H,25,29). The van der Waals surface area contributed by atoms with Crippen LogP contribution in [-0.2, 0) is 17.8 Å². The van der Waals surface area contributed by atoms with Crippen molar-refractivity contribution in [2.75, 3.05) is 19.6 Å². The number of amides is 1. The van der Waals surface area contributed by atoms with E-state index in [9.17, 15) is 9.59 Å². The van der Waals surface area contributed by atoms with Crippen molar-refractivity contribution in [2.24, 2.45) is 0 Å². The maximum absolute atomic E-state index is 12.8. The number of cyclic esters (lactones) is 1. The summed E-state index contributed by atoms with van der Waals surface area (Å²) < 4.78 is 9.87. The first kappa shape index (κ1) is 20.6. The molecule has 1 N–H and O–H groups in total. The first-order chi connectivity index (χ1) is 15.4. The van der Waals surface area contributed by atoms with Gasteiger partial charge in [-0.2, -0.15) is 0 Å². The van der Waals surface area contributed by atoms with E-state index in [1.165, 1.54) is 11.1 Å². The summed E-state index contributed by atoms with van der Waals surface area (Å²) in [6.45, 7) is 7.37. The normalized spacial score (nSPS) is 17.9. The molecule has 2 aliphatic heterocycles. The molecule has 1 aromatic heterocycles. The van der Waals surface area contributed by atoms with Crippen LogP contribution in [0.25, 0.3) is 11.0 Å². The number of hydrogen-bond donors (Lipinski definition) is 1. The molecule has 1 fully saturated rings. The van der Waals surface area contributed by atoms with Gasteiger partial charge in [0.05, 0.1) is 5.56 Å². The monoisotopic (exact) mass is 434 g/mol. The number of ether oxygens (including phenoxy) is 1. The van der Waals surface area contributed by atoms with E-state index >= 15 is 0 Å². The molecule has 3 heterocycles. The minimum Gasteiger partial charge on any atom is -0.457 e. The molecular formula is C24H26N4O4. The average molecular weight is 434 g/mol. The van der Waals surface area contributed by atoms with Gasteiger partial charge in [0.25, 0.3) is 5.91 Å². The van der Waals surface area contributed by atoms with Crippen LogP contribution in [0.2, 0.25) is 0 Å². The van der Waals surface area contributed by atoms with Crippen LogP contribution in [0, 0.1) is 6.92 Å². The van der Waals surface area contributed by atoms with Gasteiger partial charge in [-0.25, -0.2) is 9.42 Å². The van der Waals surface area contributed by atoms with Gasteiger partial charge < -0.3 is 15.0 Å². The summed E-state index contributed by atoms with van der Waals surface area (Å²) in [4.78, 5) is 27.0. The highest BCUT2D eigenvalue weighted by Gasteiger charge is 2.32. The molecule has 0 atom stereocenters. The summed E-state index contributed by atoms with van der Waals surface area (Å²) in [5.41, 5.74) is 5.70. The number of nitrogens with zero attached hydrogens (tertiary/aromatic N) is 3. The van der Waals surface area contributed by atoms with Crippen molar-refractivity contribution in [1.82, 2.24) is 20.5 Å². The Hall–Kier alpha value is -3.26. The zero-order valence-electron chi connectivity index (χ0n) is 18.3. The minimum absolute atomic E-state index is 0.101. The molecule has 166 valence electrons. The molecule has 2 aliphatic rings. The van der Waals surface area contributed by atoms with Crippen LogP contribution in [0.3, 0.4) is 0 Å². The van der Waals surface area contributed by atoms with Crippen molar-refractivity contribution in [1.29, 1.82) is 0 Å². The van der Waals surface area contributed by atoms with Crippen LogP contribution < -0.4 is 5.32 Å². The number of fused-ring (bicyclic) bond motifs is 2. The molecule has 3 aromatic rings. The number of rotatable bonds is 5. The average Bonchev–Trinajstić information content (AvgIpc) is 3.41. The molecule has 0 saturated carbocycles. The topological polar surface area (TPSA) is 97.6 Å². The molecule has 32 heavy (non-hydrogen) atoms. The Morgan fingerprint density at radius 3 is 2.75 bits per heavy atom. The SMILES string of the molecule is Cc1c(CCN2CCC(C)(NC(=O)c3ccc4nonc4c3)CC2)ccc2c1COC2=O. The van der Waals surface area contributed by atoms with Gasteiger partial charge >= 0.3 is 5.97 Å². The van der Waals surface area contributed by atoms with Gasteiger partial charge in [-0.15, -0.1) is 0 Å². The van der Waals surface area contributed by atoms with Crippen molar-refractivity contribution >= 4 is 22.9 Å². The molecule has 5 rings (SSSR count). The van der Waals surface area contributed by atoms with Gasteiger partial charge in [-0.1, -0.05) is 6.07 Å². The number of benzene rings is 2. The maximum atomic E-state index is 12.8. The molecule has 0 spiro atoms. The van der Waals surface area contributed by atoms with Crippen LogP contribution in [0.1, 0.15) is 57.2 Å². The van der Waals surface area contributed by atoms with Crippen molar-refractivity contribution in [2.45, 2.75) is 45.3 Å². The molecule has 0 radical (unpaired) electrons. The molecule has 1 saturated heterocycles. The highest BCUT2D eigenvalue weighted by Crippen LogP contribution is 2.27. The number of likely N-dealkylation sites (tertiary alicyclic amines) is 1. The molecule has 0 aliphatic carbocycles. The third-order valence-corrected chi connectivity index (χ3v) is 6.87. The number of nitrogens with one attached hydrogen (secondary N) is 1. The number of aromatic nitrogens is 2. The summed E-state index contributed by atoms with van der Waals surface area (Å²) in [7, 11) is 0. The largest absolute Gasteiger partial charge is 0.457 e. The molecular weight excluding hydrogens is 408 g/mol. The van der Waals surface area contributed by atoms with Crippen LogP contribution in [0.15, 0.2) is 35.0 Å². The predicted molar refractivity (Wildman–Crippen MR) is 117 cm³/mol. The lowest BCUT2D eigenvalue weighted by Gasteiger charge is -2.40. The van der Waals surface area contributed by atoms with Gasteiger partial charge in [0.15, 0.2) is 0 Å². The number of carbonyl (C=O) groups excluding carboxylic acids is 2. The molecule has 2 aromatic carbocycles. The van der Waals surface area contributed by atoms with Gasteiger partial charge in [0.2, 0.25) is 0 Å². The number of carbonyl (C=O) groups is 2. The Labute approximate surface area is 185 Å². The van der Waals surface area contributed by atoms with E-state index in [-0.39, 0.29) is 17.4 Å². The van der Waals surface area contributed by atoms with E-state index in [1.807, 2.05) is 6.07 Å². The Morgan fingerprint density at radius 1 is 1.16 bits per heavy atom. The van der Waals surface area contributed by atoms with Crippen LogP contribution in [-0.4, -0.2) is 52.3 Å². The van der Waals surface area contributed by atoms with Crippen molar-refractivity contribution < 1.29 is 19.0 Å². The second-order valence-corrected chi connectivity index (χ2v) is 9.03. The highest BCUT2D eigenvalue weighted by atomic mass is 16.6. The second-order valence-electron chi connectivity index (χ2n) is 9.03. The van der Waals surface area contributed by atoms with Crippen molar-refractivity contribution in [3.8, 4) is 0 Å². The quantitative estimate of drug-likeness (QED) is 0.617. The zero-order valence-corrected chi connectivity index (χ0v) is 18.3. The van der Waals surface area contributed by atoms with E-state index in [0.717, 1.165) is 44.5 Å². The van der Waals surface area contributed by atoms with E-state index in [0.29, 0.717) is 28.8 Å². The van der Waals surface area contributed by atoms with Gasteiger partial charge in [0, 0.05) is 36.3 Å². The highest BCUT2D eigenvalue weighted by molar-refractivity contribution is 5.97. The molecule has 0 bridgehead atoms. The van der Waals surface area contributed by atoms with E-state index in [1.54, 1.807) is 18.2 Å². The second kappa shape index (κ2) is 8.02. The number of esters is 1. The first-order valence-electron chi connectivity index (χ1n) is 11.0. The van der Waals surface area contributed by atoms with E-state index in [2.05, 4.69) is 40.4 Å². The van der Waals surface area contributed by atoms with Gasteiger partial charge in [-0.3, -0.25) is 4.79 Å². The zero-order chi connectivity index (χ0) is 22.3. The Morgan fingerprint density at radius 2 is 1.94 bits per heavy atom. The van der Waals surface area contributed by atoms with Crippen LogP contribution in [0.4, 0.5) is 0 Å². The fraction of sp³-hybridized carbons (Fsp3) is 0.417. The smallest absolute Gasteiger partial charge is 0.338 e. The summed E-state index contributed by atoms with van der Waals surface area (Å²) in [5.74, 6) is -0.319. The van der Waals surface area contributed by atoms with Crippen molar-refractivity contribution in [3.05, 3.63) is 58.1 Å². The van der Waals surface area contributed by atoms with Gasteiger partial charge in [0.1, 0.15) is 17.6 Å². The van der Waals surface area contributed by atoms with Crippen molar-refractivity contribution in [3.63, 3.8) is 0 Å². The van der Waals surface area contributed by atoms with E-state index in [4.69, 9.17) is 9.37 Å². The van der Waals surface area contributed by atoms with Crippen LogP contribution >= 0.6 is 0 Å². The summed E-state index contributed by atoms with van der Waals surface area (Å²) in [5, 5.41) is 10.8. The first-order valence-corrected chi connectivity index (χ1v) is 11.0. The molecule has 1 amide bonds. The van der Waals surface area contributed by atoms with E-state index < -0.39 is 0 Å². The summed E-state index contributed by atoms with van der Waals surface area (Å²) in [6.07, 6.45) is 2.71. The predicted octanol–water partition coefficient (Wildman–Crippen LogP) is 3.03. The lowest BCUT2D eigenvalue weighted by molar-refractivity contribution is 0.0534. The Kier molecular flexibility index (Phi) is 5.17. The Balaban J connectivity index is 1.16. The third kappa shape index (κ3) is 3.86. The number of piperidine rings is 1. The Bertz CT molecular complexity index is 1190. The lowest BCUT2D eigenvalue weighted by Crippen LogP contribution is -2.53. The summed E-state index contributed by atoms with van der Waals surface area (Å²) in [6, 6.07) is 9.14. The fourth-order valence-electron chi connectivity index (χ4n) is 4.61. The fourth-order valence-corrected chi connectivity index (χ4v) is 4.61. The van der Waals surface area contributed by atoms with Gasteiger partial charge in [-0.05, 0) is 78.8 Å². The number of hydrogen-bond acceptors (Lipinski definition) is 7. The summed E-state index contributed by atoms with van der Waals surface area (Å²) >= 11 is 0. The van der Waals surface area contributed by atoms with Crippen LogP contribution in [0.5, 0.6) is 0 Å². The third-order valence-electron chi connectivity index (χ3n) is 6.87. The minimum atomic E-state index is -0.244. The lowest BCUT2D eigenvalue weighted by atomic mass is 9.88. The molecule has 8 nitrogen and oxygen atoms in total.